The summed E-state index contributed by atoms with van der Waals surface area (Å²) in [6.45, 7) is 3.05. The molecule has 1 aliphatic heterocycles. The number of hydrogen-bond acceptors (Lipinski definition) is 1. The second-order valence-corrected chi connectivity index (χ2v) is 4.05. The summed E-state index contributed by atoms with van der Waals surface area (Å²) in [6, 6.07) is 6.29. The predicted octanol–water partition coefficient (Wildman–Crippen LogP) is 2.39. The molecular formula is C12H13NO. The largest absolute Gasteiger partial charge is 0.388 e. The van der Waals surface area contributed by atoms with Gasteiger partial charge in [-0.25, -0.2) is 0 Å². The summed E-state index contributed by atoms with van der Waals surface area (Å²) in [7, 11) is 0. The Bertz CT molecular complexity index is 498. The molecule has 1 aromatic carbocycles. The smallest absolute Gasteiger partial charge is 0.0827 e. The molecule has 0 saturated heterocycles. The van der Waals surface area contributed by atoms with E-state index in [1.807, 2.05) is 0 Å². The van der Waals surface area contributed by atoms with E-state index in [4.69, 9.17) is 0 Å². The molecule has 72 valence electrons. The SMILES string of the molecule is Cc1ccc2c3c1ccn3CCC2O. The number of rotatable bonds is 0. The Morgan fingerprint density at radius 3 is 3.07 bits per heavy atom. The third-order valence-corrected chi connectivity index (χ3v) is 3.18. The van der Waals surface area contributed by atoms with Crippen LogP contribution >= 0.6 is 0 Å². The Balaban J connectivity index is 2.46. The van der Waals surface area contributed by atoms with Crippen molar-refractivity contribution in [3.63, 3.8) is 0 Å². The number of aliphatic hydroxyl groups excluding tert-OH is 1. The van der Waals surface area contributed by atoms with Crippen molar-refractivity contribution >= 4 is 10.9 Å². The molecule has 0 amide bonds. The molecule has 2 heterocycles. The monoisotopic (exact) mass is 187 g/mol. The quantitative estimate of drug-likeness (QED) is 0.673. The van der Waals surface area contributed by atoms with E-state index >= 15 is 0 Å². The van der Waals surface area contributed by atoms with Crippen LogP contribution in [-0.4, -0.2) is 9.67 Å². The number of aromatic nitrogens is 1. The Morgan fingerprint density at radius 2 is 2.21 bits per heavy atom. The molecule has 1 aromatic heterocycles. The molecule has 1 unspecified atom stereocenters. The fourth-order valence-corrected chi connectivity index (χ4v) is 2.37. The van der Waals surface area contributed by atoms with Crippen molar-refractivity contribution in [1.82, 2.24) is 4.57 Å². The van der Waals surface area contributed by atoms with E-state index in [0.29, 0.717) is 0 Å². The number of aliphatic hydroxyl groups is 1. The topological polar surface area (TPSA) is 25.2 Å². The van der Waals surface area contributed by atoms with Gasteiger partial charge in [-0.1, -0.05) is 12.1 Å². The van der Waals surface area contributed by atoms with Crippen molar-refractivity contribution in [3.8, 4) is 0 Å². The summed E-state index contributed by atoms with van der Waals surface area (Å²) in [5.41, 5.74) is 3.60. The fourth-order valence-electron chi connectivity index (χ4n) is 2.37. The van der Waals surface area contributed by atoms with Gasteiger partial charge in [0.1, 0.15) is 0 Å². The third-order valence-electron chi connectivity index (χ3n) is 3.18. The van der Waals surface area contributed by atoms with Crippen LogP contribution in [0.3, 0.4) is 0 Å². The maximum absolute atomic E-state index is 9.87. The van der Waals surface area contributed by atoms with Crippen LogP contribution in [-0.2, 0) is 6.54 Å². The molecule has 0 radical (unpaired) electrons. The lowest BCUT2D eigenvalue weighted by Crippen LogP contribution is -2.11. The van der Waals surface area contributed by atoms with Crippen LogP contribution in [0, 0.1) is 6.92 Å². The maximum Gasteiger partial charge on any atom is 0.0827 e. The zero-order valence-electron chi connectivity index (χ0n) is 8.20. The normalized spacial score (nSPS) is 20.3. The summed E-state index contributed by atoms with van der Waals surface area (Å²) in [6.07, 6.45) is 2.67. The van der Waals surface area contributed by atoms with E-state index in [0.717, 1.165) is 18.5 Å². The van der Waals surface area contributed by atoms with Crippen LogP contribution in [0.15, 0.2) is 24.4 Å². The van der Waals surface area contributed by atoms with Crippen LogP contribution < -0.4 is 0 Å². The van der Waals surface area contributed by atoms with E-state index in [1.165, 1.54) is 16.5 Å². The van der Waals surface area contributed by atoms with E-state index in [9.17, 15) is 5.11 Å². The van der Waals surface area contributed by atoms with Gasteiger partial charge in [0, 0.05) is 23.7 Å². The second kappa shape index (κ2) is 2.61. The predicted molar refractivity (Wildman–Crippen MR) is 56.3 cm³/mol. The first-order valence-electron chi connectivity index (χ1n) is 5.04. The van der Waals surface area contributed by atoms with Gasteiger partial charge >= 0.3 is 0 Å². The average Bonchev–Trinajstić information content (AvgIpc) is 2.60. The van der Waals surface area contributed by atoms with Crippen LogP contribution in [0.2, 0.25) is 0 Å². The van der Waals surface area contributed by atoms with Gasteiger partial charge < -0.3 is 9.67 Å². The molecule has 0 spiro atoms. The molecule has 0 bridgehead atoms. The first-order valence-corrected chi connectivity index (χ1v) is 5.04. The zero-order chi connectivity index (χ0) is 9.71. The zero-order valence-corrected chi connectivity index (χ0v) is 8.20. The van der Waals surface area contributed by atoms with Gasteiger partial charge in [-0.05, 0) is 25.0 Å². The molecular weight excluding hydrogens is 174 g/mol. The highest BCUT2D eigenvalue weighted by atomic mass is 16.3. The van der Waals surface area contributed by atoms with Gasteiger partial charge in [0.2, 0.25) is 0 Å². The lowest BCUT2D eigenvalue weighted by Gasteiger charge is -2.21. The van der Waals surface area contributed by atoms with E-state index in [2.05, 4.69) is 35.9 Å². The van der Waals surface area contributed by atoms with Gasteiger partial charge in [0.15, 0.2) is 0 Å². The lowest BCUT2D eigenvalue weighted by molar-refractivity contribution is 0.157. The van der Waals surface area contributed by atoms with Crippen LogP contribution in [0.25, 0.3) is 10.9 Å². The van der Waals surface area contributed by atoms with Crippen LogP contribution in [0.5, 0.6) is 0 Å². The minimum absolute atomic E-state index is 0.277. The molecule has 1 N–H and O–H groups in total. The summed E-state index contributed by atoms with van der Waals surface area (Å²) < 4.78 is 2.24. The van der Waals surface area contributed by atoms with E-state index in [1.54, 1.807) is 0 Å². The van der Waals surface area contributed by atoms with Crippen molar-refractivity contribution in [2.75, 3.05) is 0 Å². The highest BCUT2D eigenvalue weighted by Gasteiger charge is 2.19. The van der Waals surface area contributed by atoms with Gasteiger partial charge in [0.05, 0.1) is 11.6 Å². The molecule has 2 nitrogen and oxygen atoms in total. The highest BCUT2D eigenvalue weighted by Crippen LogP contribution is 2.33. The van der Waals surface area contributed by atoms with Gasteiger partial charge in [-0.3, -0.25) is 0 Å². The first-order chi connectivity index (χ1) is 6.77. The molecule has 0 saturated carbocycles. The highest BCUT2D eigenvalue weighted by molar-refractivity contribution is 5.87. The van der Waals surface area contributed by atoms with Gasteiger partial charge in [0.25, 0.3) is 0 Å². The van der Waals surface area contributed by atoms with Crippen molar-refractivity contribution < 1.29 is 5.11 Å². The van der Waals surface area contributed by atoms with E-state index in [-0.39, 0.29) is 6.10 Å². The van der Waals surface area contributed by atoms with Crippen LogP contribution in [0.4, 0.5) is 0 Å². The second-order valence-electron chi connectivity index (χ2n) is 4.05. The summed E-state index contributed by atoms with van der Waals surface area (Å²) in [5.74, 6) is 0. The summed E-state index contributed by atoms with van der Waals surface area (Å²) in [4.78, 5) is 0. The molecule has 0 aliphatic carbocycles. The number of benzene rings is 1. The molecule has 2 heteroatoms. The Labute approximate surface area is 82.8 Å². The van der Waals surface area contributed by atoms with E-state index < -0.39 is 0 Å². The van der Waals surface area contributed by atoms with Crippen LogP contribution in [0.1, 0.15) is 23.7 Å². The third kappa shape index (κ3) is 0.891. The Hall–Kier alpha value is -1.28. The fraction of sp³-hybridized carbons (Fsp3) is 0.333. The van der Waals surface area contributed by atoms with Crippen molar-refractivity contribution in [2.45, 2.75) is 26.0 Å². The number of nitrogens with zero attached hydrogens (tertiary/aromatic N) is 1. The molecule has 2 aromatic rings. The minimum Gasteiger partial charge on any atom is -0.388 e. The lowest BCUT2D eigenvalue weighted by atomic mass is 9.98. The molecule has 0 fully saturated rings. The Kier molecular flexibility index (Phi) is 1.50. The summed E-state index contributed by atoms with van der Waals surface area (Å²) >= 11 is 0. The van der Waals surface area contributed by atoms with Crippen molar-refractivity contribution in [1.29, 1.82) is 0 Å². The molecule has 1 aliphatic rings. The van der Waals surface area contributed by atoms with Crippen molar-refractivity contribution in [3.05, 3.63) is 35.5 Å². The number of aryl methyl sites for hydroxylation is 2. The minimum atomic E-state index is -0.277. The Morgan fingerprint density at radius 1 is 1.36 bits per heavy atom. The van der Waals surface area contributed by atoms with Gasteiger partial charge in [-0.2, -0.15) is 0 Å². The average molecular weight is 187 g/mol. The standard InChI is InChI=1S/C12H13NO/c1-8-2-3-10-11(14)5-7-13-6-4-9(8)12(10)13/h2-4,6,11,14H,5,7H2,1H3. The van der Waals surface area contributed by atoms with Gasteiger partial charge in [-0.15, -0.1) is 0 Å². The molecule has 14 heavy (non-hydrogen) atoms. The number of hydrogen-bond donors (Lipinski definition) is 1. The first kappa shape index (κ1) is 8.06. The summed E-state index contributed by atoms with van der Waals surface area (Å²) in [5, 5.41) is 11.1. The molecule has 3 rings (SSSR count). The molecule has 1 atom stereocenters. The maximum atomic E-state index is 9.87. The van der Waals surface area contributed by atoms with Crippen molar-refractivity contribution in [2.24, 2.45) is 0 Å².